The number of benzene rings is 1. The van der Waals surface area contributed by atoms with Gasteiger partial charge in [0.15, 0.2) is 0 Å². The van der Waals surface area contributed by atoms with Crippen LogP contribution in [-0.4, -0.2) is 13.0 Å². The van der Waals surface area contributed by atoms with Gasteiger partial charge in [-0.1, -0.05) is 18.2 Å². The molecule has 0 fully saturated rings. The Bertz CT molecular complexity index is 293. The maximum atomic E-state index is 11.3. The van der Waals surface area contributed by atoms with Crippen LogP contribution in [0.15, 0.2) is 42.8 Å². The van der Waals surface area contributed by atoms with Crippen LogP contribution in [0.1, 0.15) is 10.4 Å². The SMILES string of the molecule is CO/C=C\NC(=O)c1ccccc1. The molecule has 0 heterocycles. The van der Waals surface area contributed by atoms with Gasteiger partial charge in [0.05, 0.1) is 13.4 Å². The number of hydrogen-bond acceptors (Lipinski definition) is 2. The summed E-state index contributed by atoms with van der Waals surface area (Å²) in [5.74, 6) is -0.145. The first-order valence-electron chi connectivity index (χ1n) is 3.88. The van der Waals surface area contributed by atoms with Gasteiger partial charge >= 0.3 is 0 Å². The summed E-state index contributed by atoms with van der Waals surface area (Å²) in [6.07, 6.45) is 2.86. The minimum Gasteiger partial charge on any atom is -0.503 e. The summed E-state index contributed by atoms with van der Waals surface area (Å²) in [5.41, 5.74) is 0.628. The molecule has 1 aromatic carbocycles. The van der Waals surface area contributed by atoms with E-state index in [0.717, 1.165) is 0 Å². The molecule has 0 radical (unpaired) electrons. The van der Waals surface area contributed by atoms with E-state index in [1.807, 2.05) is 18.2 Å². The number of carbonyl (C=O) groups excluding carboxylic acids is 1. The fraction of sp³-hybridized carbons (Fsp3) is 0.100. The van der Waals surface area contributed by atoms with Crippen molar-refractivity contribution in [3.63, 3.8) is 0 Å². The molecule has 0 saturated carbocycles. The lowest BCUT2D eigenvalue weighted by Gasteiger charge is -1.98. The van der Waals surface area contributed by atoms with Gasteiger partial charge in [-0.25, -0.2) is 0 Å². The Balaban J connectivity index is 2.54. The molecule has 1 amide bonds. The van der Waals surface area contributed by atoms with Crippen LogP contribution < -0.4 is 5.32 Å². The summed E-state index contributed by atoms with van der Waals surface area (Å²) < 4.78 is 4.63. The van der Waals surface area contributed by atoms with Crippen LogP contribution in [0.5, 0.6) is 0 Å². The van der Waals surface area contributed by atoms with E-state index in [-0.39, 0.29) is 5.91 Å². The highest BCUT2D eigenvalue weighted by atomic mass is 16.5. The van der Waals surface area contributed by atoms with Gasteiger partial charge in [0.2, 0.25) is 0 Å². The lowest BCUT2D eigenvalue weighted by atomic mass is 10.2. The Hall–Kier alpha value is -1.77. The lowest BCUT2D eigenvalue weighted by molar-refractivity contribution is 0.0969. The molecule has 0 spiro atoms. The molecule has 68 valence electrons. The van der Waals surface area contributed by atoms with E-state index >= 15 is 0 Å². The minimum atomic E-state index is -0.145. The average molecular weight is 177 g/mol. The van der Waals surface area contributed by atoms with Gasteiger partial charge in [0, 0.05) is 11.8 Å². The summed E-state index contributed by atoms with van der Waals surface area (Å²) in [6.45, 7) is 0. The van der Waals surface area contributed by atoms with E-state index in [2.05, 4.69) is 10.1 Å². The van der Waals surface area contributed by atoms with Gasteiger partial charge in [-0.05, 0) is 12.1 Å². The molecule has 0 bridgehead atoms. The van der Waals surface area contributed by atoms with Crippen molar-refractivity contribution in [2.24, 2.45) is 0 Å². The second-order valence-electron chi connectivity index (χ2n) is 2.38. The third-order valence-corrected chi connectivity index (χ3v) is 1.45. The molecule has 3 nitrogen and oxygen atoms in total. The lowest BCUT2D eigenvalue weighted by Crippen LogP contribution is -2.16. The van der Waals surface area contributed by atoms with Gasteiger partial charge in [0.25, 0.3) is 5.91 Å². The van der Waals surface area contributed by atoms with Crippen molar-refractivity contribution in [2.75, 3.05) is 7.11 Å². The van der Waals surface area contributed by atoms with Crippen LogP contribution in [0.4, 0.5) is 0 Å². The van der Waals surface area contributed by atoms with Crippen molar-refractivity contribution in [2.45, 2.75) is 0 Å². The molecule has 0 saturated heterocycles. The molecule has 1 rings (SSSR count). The van der Waals surface area contributed by atoms with Crippen LogP contribution >= 0.6 is 0 Å². The standard InChI is InChI=1S/C10H11NO2/c1-13-8-7-11-10(12)9-5-3-2-4-6-9/h2-8H,1H3,(H,11,12)/b8-7-. The maximum absolute atomic E-state index is 11.3. The molecule has 3 heteroatoms. The molecule has 0 aliphatic heterocycles. The molecule has 0 unspecified atom stereocenters. The van der Waals surface area contributed by atoms with E-state index in [9.17, 15) is 4.79 Å². The predicted molar refractivity (Wildman–Crippen MR) is 50.1 cm³/mol. The summed E-state index contributed by atoms with van der Waals surface area (Å²) in [5, 5.41) is 2.56. The Morgan fingerprint density at radius 3 is 2.69 bits per heavy atom. The summed E-state index contributed by atoms with van der Waals surface area (Å²) in [4.78, 5) is 11.3. The zero-order valence-corrected chi connectivity index (χ0v) is 7.36. The Labute approximate surface area is 77.0 Å². The van der Waals surface area contributed by atoms with Crippen LogP contribution in [0, 0.1) is 0 Å². The summed E-state index contributed by atoms with van der Waals surface area (Å²) in [7, 11) is 1.52. The third kappa shape index (κ3) is 2.99. The second kappa shape index (κ2) is 4.98. The number of amides is 1. The first-order valence-corrected chi connectivity index (χ1v) is 3.88. The number of hydrogen-bond donors (Lipinski definition) is 1. The van der Waals surface area contributed by atoms with Crippen molar-refractivity contribution in [1.82, 2.24) is 5.32 Å². The van der Waals surface area contributed by atoms with Crippen molar-refractivity contribution < 1.29 is 9.53 Å². The fourth-order valence-electron chi connectivity index (χ4n) is 0.851. The molecule has 13 heavy (non-hydrogen) atoms. The predicted octanol–water partition coefficient (Wildman–Crippen LogP) is 1.53. The van der Waals surface area contributed by atoms with E-state index in [4.69, 9.17) is 0 Å². The fourth-order valence-corrected chi connectivity index (χ4v) is 0.851. The van der Waals surface area contributed by atoms with Crippen LogP contribution in [0.25, 0.3) is 0 Å². The van der Waals surface area contributed by atoms with E-state index in [1.54, 1.807) is 12.1 Å². The first-order chi connectivity index (χ1) is 6.34. The van der Waals surface area contributed by atoms with Gasteiger partial charge in [-0.15, -0.1) is 0 Å². The number of rotatable bonds is 3. The van der Waals surface area contributed by atoms with Gasteiger partial charge in [-0.2, -0.15) is 0 Å². The van der Waals surface area contributed by atoms with Crippen molar-refractivity contribution in [3.05, 3.63) is 48.4 Å². The maximum Gasteiger partial charge on any atom is 0.255 e. The Morgan fingerprint density at radius 2 is 2.08 bits per heavy atom. The molecule has 0 aliphatic rings. The minimum absolute atomic E-state index is 0.145. The monoisotopic (exact) mass is 177 g/mol. The van der Waals surface area contributed by atoms with Gasteiger partial charge < -0.3 is 10.1 Å². The number of nitrogens with one attached hydrogen (secondary N) is 1. The van der Waals surface area contributed by atoms with Crippen molar-refractivity contribution >= 4 is 5.91 Å². The molecule has 0 aromatic heterocycles. The Kier molecular flexibility index (Phi) is 3.57. The molecule has 1 aromatic rings. The van der Waals surface area contributed by atoms with E-state index in [1.165, 1.54) is 19.6 Å². The normalized spacial score (nSPS) is 9.92. The smallest absolute Gasteiger partial charge is 0.255 e. The molecular formula is C10H11NO2. The molecule has 0 atom stereocenters. The van der Waals surface area contributed by atoms with Gasteiger partial charge in [-0.3, -0.25) is 4.79 Å². The number of ether oxygens (including phenoxy) is 1. The highest BCUT2D eigenvalue weighted by Crippen LogP contribution is 1.97. The largest absolute Gasteiger partial charge is 0.503 e. The van der Waals surface area contributed by atoms with Crippen molar-refractivity contribution in [3.8, 4) is 0 Å². The second-order valence-corrected chi connectivity index (χ2v) is 2.38. The number of carbonyl (C=O) groups is 1. The summed E-state index contributed by atoms with van der Waals surface area (Å²) >= 11 is 0. The average Bonchev–Trinajstić information content (AvgIpc) is 2.19. The first kappa shape index (κ1) is 9.32. The summed E-state index contributed by atoms with van der Waals surface area (Å²) in [6, 6.07) is 8.98. The van der Waals surface area contributed by atoms with E-state index in [0.29, 0.717) is 5.56 Å². The highest BCUT2D eigenvalue weighted by molar-refractivity contribution is 5.94. The quantitative estimate of drug-likeness (QED) is 0.711. The Morgan fingerprint density at radius 1 is 1.38 bits per heavy atom. The molecule has 1 N–H and O–H groups in total. The van der Waals surface area contributed by atoms with Crippen molar-refractivity contribution in [1.29, 1.82) is 0 Å². The highest BCUT2D eigenvalue weighted by Gasteiger charge is 1.99. The topological polar surface area (TPSA) is 38.3 Å². The van der Waals surface area contributed by atoms with Crippen LogP contribution in [-0.2, 0) is 4.74 Å². The third-order valence-electron chi connectivity index (χ3n) is 1.45. The number of methoxy groups -OCH3 is 1. The van der Waals surface area contributed by atoms with Gasteiger partial charge in [0.1, 0.15) is 0 Å². The van der Waals surface area contributed by atoms with Crippen LogP contribution in [0.2, 0.25) is 0 Å². The zero-order valence-electron chi connectivity index (χ0n) is 7.36. The zero-order chi connectivity index (χ0) is 9.52. The molecular weight excluding hydrogens is 166 g/mol. The molecule has 0 aliphatic carbocycles. The van der Waals surface area contributed by atoms with E-state index < -0.39 is 0 Å². The van der Waals surface area contributed by atoms with Crippen LogP contribution in [0.3, 0.4) is 0 Å².